The van der Waals surface area contributed by atoms with Crippen LogP contribution in [0.15, 0.2) is 54.6 Å². The molecular formula is C20H23ClN2S. The van der Waals surface area contributed by atoms with Gasteiger partial charge >= 0.3 is 0 Å². The van der Waals surface area contributed by atoms with Gasteiger partial charge in [-0.3, -0.25) is 0 Å². The number of likely N-dealkylation sites (tertiary alicyclic amines) is 1. The zero-order valence-corrected chi connectivity index (χ0v) is 15.3. The van der Waals surface area contributed by atoms with Gasteiger partial charge in [-0.25, -0.2) is 0 Å². The molecule has 2 aromatic rings. The molecule has 0 bridgehead atoms. The Morgan fingerprint density at radius 3 is 2.33 bits per heavy atom. The van der Waals surface area contributed by atoms with Crippen molar-refractivity contribution >= 4 is 28.9 Å². The lowest BCUT2D eigenvalue weighted by molar-refractivity contribution is 0.263. The molecule has 1 aliphatic rings. The van der Waals surface area contributed by atoms with Gasteiger partial charge in [0.25, 0.3) is 0 Å². The van der Waals surface area contributed by atoms with Crippen molar-refractivity contribution in [1.29, 1.82) is 0 Å². The summed E-state index contributed by atoms with van der Waals surface area (Å²) in [6, 6.07) is 18.7. The minimum atomic E-state index is 0.750. The number of nitrogens with one attached hydrogen (secondary N) is 1. The van der Waals surface area contributed by atoms with Crippen molar-refractivity contribution in [2.45, 2.75) is 25.8 Å². The highest BCUT2D eigenvalue weighted by Crippen LogP contribution is 2.21. The van der Waals surface area contributed by atoms with Crippen LogP contribution < -0.4 is 5.32 Å². The average Bonchev–Trinajstić information content (AvgIpc) is 2.62. The molecule has 1 fully saturated rings. The Hall–Kier alpha value is -1.58. The fraction of sp³-hybridized carbons (Fsp3) is 0.350. The predicted molar refractivity (Wildman–Crippen MR) is 105 cm³/mol. The van der Waals surface area contributed by atoms with Gasteiger partial charge in [-0.15, -0.1) is 0 Å². The van der Waals surface area contributed by atoms with Crippen LogP contribution in [0, 0.1) is 5.92 Å². The lowest BCUT2D eigenvalue weighted by atomic mass is 9.90. The molecule has 24 heavy (non-hydrogen) atoms. The second-order valence-electron chi connectivity index (χ2n) is 6.41. The maximum Gasteiger partial charge on any atom is 0.169 e. The number of thiocarbonyl (C=S) groups is 1. The van der Waals surface area contributed by atoms with E-state index in [9.17, 15) is 0 Å². The SMILES string of the molecule is S=C(NCc1ccc(Cl)cc1)N1CCC(Cc2ccccc2)CC1. The number of halogens is 1. The van der Waals surface area contributed by atoms with Gasteiger partial charge in [0.15, 0.2) is 5.11 Å². The van der Waals surface area contributed by atoms with Crippen LogP contribution in [0.25, 0.3) is 0 Å². The van der Waals surface area contributed by atoms with E-state index in [4.69, 9.17) is 23.8 Å². The number of piperidine rings is 1. The van der Waals surface area contributed by atoms with Crippen LogP contribution in [-0.2, 0) is 13.0 Å². The van der Waals surface area contributed by atoms with Gasteiger partial charge in [0.1, 0.15) is 0 Å². The van der Waals surface area contributed by atoms with Crippen molar-refractivity contribution in [3.63, 3.8) is 0 Å². The smallest absolute Gasteiger partial charge is 0.169 e. The van der Waals surface area contributed by atoms with Crippen molar-refractivity contribution in [2.24, 2.45) is 5.92 Å². The predicted octanol–water partition coefficient (Wildman–Crippen LogP) is 4.67. The summed E-state index contributed by atoms with van der Waals surface area (Å²) < 4.78 is 0. The van der Waals surface area contributed by atoms with Crippen LogP contribution >= 0.6 is 23.8 Å². The van der Waals surface area contributed by atoms with E-state index in [0.717, 1.165) is 35.7 Å². The van der Waals surface area contributed by atoms with E-state index < -0.39 is 0 Å². The molecule has 0 saturated carbocycles. The normalized spacial score (nSPS) is 15.3. The van der Waals surface area contributed by atoms with Gasteiger partial charge in [0.2, 0.25) is 0 Å². The Balaban J connectivity index is 1.42. The lowest BCUT2D eigenvalue weighted by Crippen LogP contribution is -2.44. The Kier molecular flexibility index (Phi) is 6.11. The highest BCUT2D eigenvalue weighted by molar-refractivity contribution is 7.80. The molecule has 0 atom stereocenters. The molecule has 0 unspecified atom stereocenters. The van der Waals surface area contributed by atoms with E-state index in [1.165, 1.54) is 30.4 Å². The molecule has 126 valence electrons. The molecule has 4 heteroatoms. The number of hydrogen-bond acceptors (Lipinski definition) is 1. The molecule has 2 aromatic carbocycles. The lowest BCUT2D eigenvalue weighted by Gasteiger charge is -2.34. The molecule has 1 N–H and O–H groups in total. The summed E-state index contributed by atoms with van der Waals surface area (Å²) in [5.74, 6) is 0.766. The highest BCUT2D eigenvalue weighted by Gasteiger charge is 2.20. The quantitative estimate of drug-likeness (QED) is 0.799. The van der Waals surface area contributed by atoms with Crippen LogP contribution in [0.5, 0.6) is 0 Å². The second-order valence-corrected chi connectivity index (χ2v) is 7.23. The first-order valence-corrected chi connectivity index (χ1v) is 9.30. The standard InChI is InChI=1S/C20H23ClN2S/c21-19-8-6-18(7-9-19)15-22-20(24)23-12-10-17(11-13-23)14-16-4-2-1-3-5-16/h1-9,17H,10-15H2,(H,22,24). The van der Waals surface area contributed by atoms with Crippen molar-refractivity contribution in [3.8, 4) is 0 Å². The fourth-order valence-corrected chi connectivity index (χ4v) is 3.56. The second kappa shape index (κ2) is 8.50. The zero-order valence-electron chi connectivity index (χ0n) is 13.7. The molecule has 0 radical (unpaired) electrons. The first-order chi connectivity index (χ1) is 11.7. The van der Waals surface area contributed by atoms with E-state index in [0.29, 0.717) is 0 Å². The number of hydrogen-bond donors (Lipinski definition) is 1. The van der Waals surface area contributed by atoms with Crippen molar-refractivity contribution in [1.82, 2.24) is 10.2 Å². The molecular weight excluding hydrogens is 336 g/mol. The van der Waals surface area contributed by atoms with Crippen LogP contribution in [-0.4, -0.2) is 23.1 Å². The Bertz CT molecular complexity index is 649. The van der Waals surface area contributed by atoms with E-state index in [1.54, 1.807) is 0 Å². The largest absolute Gasteiger partial charge is 0.358 e. The molecule has 0 amide bonds. The topological polar surface area (TPSA) is 15.3 Å². The third-order valence-corrected chi connectivity index (χ3v) is 5.28. The van der Waals surface area contributed by atoms with Crippen molar-refractivity contribution in [2.75, 3.05) is 13.1 Å². The van der Waals surface area contributed by atoms with E-state index in [1.807, 2.05) is 24.3 Å². The number of benzene rings is 2. The Morgan fingerprint density at radius 2 is 1.67 bits per heavy atom. The first kappa shape index (κ1) is 17.2. The molecule has 0 spiro atoms. The summed E-state index contributed by atoms with van der Waals surface area (Å²) in [7, 11) is 0. The third-order valence-electron chi connectivity index (χ3n) is 4.63. The highest BCUT2D eigenvalue weighted by atomic mass is 35.5. The van der Waals surface area contributed by atoms with Gasteiger partial charge in [-0.2, -0.15) is 0 Å². The Labute approximate surface area is 154 Å². The van der Waals surface area contributed by atoms with Crippen LogP contribution in [0.4, 0.5) is 0 Å². The minimum absolute atomic E-state index is 0.750. The van der Waals surface area contributed by atoms with Crippen LogP contribution in [0.1, 0.15) is 24.0 Å². The maximum absolute atomic E-state index is 5.91. The molecule has 1 aliphatic heterocycles. The number of nitrogens with zero attached hydrogens (tertiary/aromatic N) is 1. The summed E-state index contributed by atoms with van der Waals surface area (Å²) in [4.78, 5) is 2.30. The van der Waals surface area contributed by atoms with Crippen LogP contribution in [0.2, 0.25) is 5.02 Å². The summed E-state index contributed by atoms with van der Waals surface area (Å²) in [5, 5.41) is 5.00. The zero-order chi connectivity index (χ0) is 16.8. The molecule has 0 aromatic heterocycles. The van der Waals surface area contributed by atoms with E-state index >= 15 is 0 Å². The molecule has 3 rings (SSSR count). The van der Waals surface area contributed by atoms with E-state index in [2.05, 4.69) is 40.5 Å². The van der Waals surface area contributed by atoms with Gasteiger partial charge in [-0.05, 0) is 60.7 Å². The van der Waals surface area contributed by atoms with Gasteiger partial charge in [-0.1, -0.05) is 54.1 Å². The summed E-state index contributed by atoms with van der Waals surface area (Å²) in [6.07, 6.45) is 3.59. The van der Waals surface area contributed by atoms with Crippen molar-refractivity contribution < 1.29 is 0 Å². The minimum Gasteiger partial charge on any atom is -0.358 e. The van der Waals surface area contributed by atoms with Crippen molar-refractivity contribution in [3.05, 3.63) is 70.7 Å². The molecule has 1 saturated heterocycles. The van der Waals surface area contributed by atoms with Gasteiger partial charge in [0.05, 0.1) is 0 Å². The summed E-state index contributed by atoms with van der Waals surface area (Å²) in [5.41, 5.74) is 2.64. The van der Waals surface area contributed by atoms with E-state index in [-0.39, 0.29) is 0 Å². The van der Waals surface area contributed by atoms with Gasteiger partial charge < -0.3 is 10.2 Å². The summed E-state index contributed by atoms with van der Waals surface area (Å²) in [6.45, 7) is 2.84. The molecule has 1 heterocycles. The Morgan fingerprint density at radius 1 is 1.00 bits per heavy atom. The summed E-state index contributed by atoms with van der Waals surface area (Å²) >= 11 is 11.5. The third kappa shape index (κ3) is 4.96. The maximum atomic E-state index is 5.91. The first-order valence-electron chi connectivity index (χ1n) is 8.52. The number of rotatable bonds is 4. The monoisotopic (exact) mass is 358 g/mol. The van der Waals surface area contributed by atoms with Gasteiger partial charge in [0, 0.05) is 24.7 Å². The molecule has 0 aliphatic carbocycles. The fourth-order valence-electron chi connectivity index (χ4n) is 3.18. The van der Waals surface area contributed by atoms with Crippen LogP contribution in [0.3, 0.4) is 0 Å². The average molecular weight is 359 g/mol. The molecule has 2 nitrogen and oxygen atoms in total.